The number of aryl methyl sites for hydroxylation is 1. The summed E-state index contributed by atoms with van der Waals surface area (Å²) in [6, 6.07) is 12.0. The van der Waals surface area contributed by atoms with Crippen LogP contribution in [0.25, 0.3) is 21.8 Å². The molecule has 2 atom stereocenters. The van der Waals surface area contributed by atoms with Gasteiger partial charge in [-0.1, -0.05) is 24.6 Å². The van der Waals surface area contributed by atoms with Gasteiger partial charge in [-0.3, -0.25) is 4.79 Å². The lowest BCUT2D eigenvalue weighted by Crippen LogP contribution is -2.50. The number of benzene rings is 1. The van der Waals surface area contributed by atoms with E-state index in [1.165, 1.54) is 19.3 Å². The lowest BCUT2D eigenvalue weighted by molar-refractivity contribution is 0.0393. The van der Waals surface area contributed by atoms with Crippen molar-refractivity contribution in [1.29, 1.82) is 0 Å². The molecule has 130 valence electrons. The zero-order valence-corrected chi connectivity index (χ0v) is 15.0. The van der Waals surface area contributed by atoms with Gasteiger partial charge in [0.05, 0.1) is 10.9 Å². The molecular formula is C21H25N3O. The van der Waals surface area contributed by atoms with Crippen molar-refractivity contribution in [2.75, 3.05) is 7.05 Å². The summed E-state index contributed by atoms with van der Waals surface area (Å²) in [5.41, 5.74) is 2.35. The molecule has 0 amide bonds. The predicted octanol–water partition coefficient (Wildman–Crippen LogP) is 3.68. The maximum atomic E-state index is 13.4. The fraction of sp³-hybridized carbons (Fsp3) is 0.476. The Hall–Kier alpha value is -2.07. The predicted molar refractivity (Wildman–Crippen MR) is 102 cm³/mol. The van der Waals surface area contributed by atoms with E-state index in [1.807, 2.05) is 22.9 Å². The van der Waals surface area contributed by atoms with Crippen molar-refractivity contribution in [1.82, 2.24) is 14.0 Å². The number of piperidine rings is 2. The Balaban J connectivity index is 1.67. The van der Waals surface area contributed by atoms with Crippen molar-refractivity contribution < 1.29 is 0 Å². The molecule has 4 nitrogen and oxygen atoms in total. The van der Waals surface area contributed by atoms with E-state index < -0.39 is 0 Å². The number of hydrogen-bond donors (Lipinski definition) is 0. The SMILES string of the molecule is CN1C2CCCC1CC(n1ccc3c(c1=O)c1ccccc1n3C)C2. The number of fused-ring (bicyclic) bond motifs is 5. The average Bonchev–Trinajstić information content (AvgIpc) is 2.89. The third kappa shape index (κ3) is 2.13. The zero-order valence-electron chi connectivity index (χ0n) is 15.0. The maximum Gasteiger partial charge on any atom is 0.260 e. The highest BCUT2D eigenvalue weighted by atomic mass is 16.1. The molecule has 0 saturated carbocycles. The minimum absolute atomic E-state index is 0.182. The Morgan fingerprint density at radius 3 is 2.40 bits per heavy atom. The van der Waals surface area contributed by atoms with Gasteiger partial charge in [0.15, 0.2) is 0 Å². The van der Waals surface area contributed by atoms with Crippen molar-refractivity contribution in [3.05, 3.63) is 46.9 Å². The molecular weight excluding hydrogens is 310 g/mol. The molecule has 0 spiro atoms. The highest BCUT2D eigenvalue weighted by Crippen LogP contribution is 2.38. The van der Waals surface area contributed by atoms with Crippen LogP contribution in [-0.2, 0) is 7.05 Å². The molecule has 2 bridgehead atoms. The number of pyridine rings is 1. The third-order valence-electron chi connectivity index (χ3n) is 6.70. The van der Waals surface area contributed by atoms with Crippen LogP contribution in [-0.4, -0.2) is 33.2 Å². The lowest BCUT2D eigenvalue weighted by Gasteiger charge is -2.47. The van der Waals surface area contributed by atoms with Crippen LogP contribution < -0.4 is 5.56 Å². The largest absolute Gasteiger partial charge is 0.343 e. The highest BCUT2D eigenvalue weighted by molar-refractivity contribution is 6.07. The quantitative estimate of drug-likeness (QED) is 0.679. The van der Waals surface area contributed by atoms with E-state index in [0.29, 0.717) is 18.1 Å². The fourth-order valence-corrected chi connectivity index (χ4v) is 5.28. The first-order valence-electron chi connectivity index (χ1n) is 9.45. The molecule has 5 rings (SSSR count). The van der Waals surface area contributed by atoms with Crippen molar-refractivity contribution in [2.24, 2.45) is 7.05 Å². The van der Waals surface area contributed by atoms with Gasteiger partial charge in [0.25, 0.3) is 5.56 Å². The van der Waals surface area contributed by atoms with Crippen LogP contribution in [0.4, 0.5) is 0 Å². The molecule has 2 aliphatic rings. The van der Waals surface area contributed by atoms with Crippen LogP contribution in [0, 0.1) is 0 Å². The van der Waals surface area contributed by atoms with Gasteiger partial charge in [0.1, 0.15) is 0 Å². The van der Waals surface area contributed by atoms with Crippen molar-refractivity contribution in [3.63, 3.8) is 0 Å². The third-order valence-corrected chi connectivity index (χ3v) is 6.70. The summed E-state index contributed by atoms with van der Waals surface area (Å²) in [6.07, 6.45) is 8.12. The van der Waals surface area contributed by atoms with E-state index in [4.69, 9.17) is 0 Å². The minimum atomic E-state index is 0.182. The smallest absolute Gasteiger partial charge is 0.260 e. The number of aromatic nitrogens is 2. The zero-order chi connectivity index (χ0) is 17.1. The Morgan fingerprint density at radius 2 is 1.64 bits per heavy atom. The normalized spacial score (nSPS) is 27.2. The summed E-state index contributed by atoms with van der Waals surface area (Å²) in [6.45, 7) is 0. The monoisotopic (exact) mass is 335 g/mol. The molecule has 2 saturated heterocycles. The second kappa shape index (κ2) is 5.46. The van der Waals surface area contributed by atoms with Gasteiger partial charge in [0.2, 0.25) is 0 Å². The minimum Gasteiger partial charge on any atom is -0.343 e. The molecule has 0 aliphatic carbocycles. The van der Waals surface area contributed by atoms with E-state index in [2.05, 4.69) is 41.8 Å². The first-order chi connectivity index (χ1) is 12.1. The van der Waals surface area contributed by atoms with E-state index >= 15 is 0 Å². The van der Waals surface area contributed by atoms with E-state index in [0.717, 1.165) is 34.6 Å². The molecule has 4 heteroatoms. The second-order valence-electron chi connectivity index (χ2n) is 7.89. The van der Waals surface area contributed by atoms with Gasteiger partial charge in [-0.15, -0.1) is 0 Å². The van der Waals surface area contributed by atoms with Crippen LogP contribution in [0.2, 0.25) is 0 Å². The van der Waals surface area contributed by atoms with Gasteiger partial charge >= 0.3 is 0 Å². The van der Waals surface area contributed by atoms with Crippen LogP contribution in [0.3, 0.4) is 0 Å². The first-order valence-corrected chi connectivity index (χ1v) is 9.45. The Morgan fingerprint density at radius 1 is 0.920 bits per heavy atom. The van der Waals surface area contributed by atoms with Gasteiger partial charge < -0.3 is 14.0 Å². The number of nitrogens with zero attached hydrogens (tertiary/aromatic N) is 3. The summed E-state index contributed by atoms with van der Waals surface area (Å²) < 4.78 is 4.17. The second-order valence-corrected chi connectivity index (χ2v) is 7.89. The molecule has 1 aromatic carbocycles. The van der Waals surface area contributed by atoms with Gasteiger partial charge in [-0.2, -0.15) is 0 Å². The van der Waals surface area contributed by atoms with Crippen molar-refractivity contribution >= 4 is 21.8 Å². The molecule has 2 unspecified atom stereocenters. The number of hydrogen-bond acceptors (Lipinski definition) is 2. The first kappa shape index (κ1) is 15.2. The maximum absolute atomic E-state index is 13.4. The Labute approximate surface area is 147 Å². The van der Waals surface area contributed by atoms with Crippen LogP contribution in [0.1, 0.15) is 38.1 Å². The molecule has 0 radical (unpaired) electrons. The van der Waals surface area contributed by atoms with Crippen LogP contribution >= 0.6 is 0 Å². The van der Waals surface area contributed by atoms with Crippen LogP contribution in [0.5, 0.6) is 0 Å². The van der Waals surface area contributed by atoms with Crippen molar-refractivity contribution in [3.8, 4) is 0 Å². The number of rotatable bonds is 1. The van der Waals surface area contributed by atoms with E-state index in [-0.39, 0.29) is 5.56 Å². The fourth-order valence-electron chi connectivity index (χ4n) is 5.28. The summed E-state index contributed by atoms with van der Waals surface area (Å²) in [5, 5.41) is 1.96. The standard InChI is InChI=1S/C21H25N3O/c1-22-14-6-5-7-15(22)13-16(12-14)24-11-10-19-20(21(24)25)17-8-3-4-9-18(17)23(19)2/h3-4,8-11,14-16H,5-7,12-13H2,1-2H3. The summed E-state index contributed by atoms with van der Waals surface area (Å²) in [4.78, 5) is 15.9. The average molecular weight is 335 g/mol. The van der Waals surface area contributed by atoms with Gasteiger partial charge in [-0.25, -0.2) is 0 Å². The van der Waals surface area contributed by atoms with E-state index in [1.54, 1.807) is 0 Å². The van der Waals surface area contributed by atoms with Gasteiger partial charge in [0, 0.05) is 42.3 Å². The summed E-state index contributed by atoms with van der Waals surface area (Å²) >= 11 is 0. The molecule has 3 aromatic rings. The molecule has 0 N–H and O–H groups in total. The highest BCUT2D eigenvalue weighted by Gasteiger charge is 2.37. The summed E-state index contributed by atoms with van der Waals surface area (Å²) in [7, 11) is 4.32. The Kier molecular flexibility index (Phi) is 3.32. The van der Waals surface area contributed by atoms with E-state index in [9.17, 15) is 4.79 Å². The molecule has 4 heterocycles. The van der Waals surface area contributed by atoms with Crippen LogP contribution in [0.15, 0.2) is 41.3 Å². The number of para-hydroxylation sites is 1. The molecule has 2 aliphatic heterocycles. The van der Waals surface area contributed by atoms with Crippen molar-refractivity contribution in [2.45, 2.75) is 50.2 Å². The van der Waals surface area contributed by atoms with Gasteiger partial charge in [-0.05, 0) is 44.9 Å². The topological polar surface area (TPSA) is 30.2 Å². The molecule has 25 heavy (non-hydrogen) atoms. The lowest BCUT2D eigenvalue weighted by atomic mass is 9.82. The molecule has 2 fully saturated rings. The molecule has 2 aromatic heterocycles. The Bertz CT molecular complexity index is 1000. The summed E-state index contributed by atoms with van der Waals surface area (Å²) in [5.74, 6) is 0.